The van der Waals surface area contributed by atoms with E-state index in [0.29, 0.717) is 24.2 Å². The van der Waals surface area contributed by atoms with Gasteiger partial charge in [-0.1, -0.05) is 6.07 Å². The van der Waals surface area contributed by atoms with Crippen LogP contribution < -0.4 is 5.32 Å². The van der Waals surface area contributed by atoms with Gasteiger partial charge in [-0.25, -0.2) is 0 Å². The third-order valence-corrected chi connectivity index (χ3v) is 3.50. The maximum atomic E-state index is 12.5. The van der Waals surface area contributed by atoms with E-state index in [1.807, 2.05) is 13.8 Å². The largest absolute Gasteiger partial charge is 0.336 e. The van der Waals surface area contributed by atoms with Gasteiger partial charge in [0.1, 0.15) is 0 Å². The van der Waals surface area contributed by atoms with Gasteiger partial charge in [-0.2, -0.15) is 0 Å². The predicted molar refractivity (Wildman–Crippen MR) is 83.0 cm³/mol. The van der Waals surface area contributed by atoms with Crippen LogP contribution in [0.15, 0.2) is 18.2 Å². The molecule has 1 aliphatic rings. The molecule has 0 aromatic heterocycles. The molecule has 1 aromatic carbocycles. The minimum Gasteiger partial charge on any atom is -0.336 e. The van der Waals surface area contributed by atoms with Gasteiger partial charge in [0, 0.05) is 42.4 Å². The lowest BCUT2D eigenvalue weighted by molar-refractivity contribution is -0.385. The summed E-state index contributed by atoms with van der Waals surface area (Å²) in [5.74, 6) is -0.145. The summed E-state index contributed by atoms with van der Waals surface area (Å²) in [4.78, 5) is 24.7. The summed E-state index contributed by atoms with van der Waals surface area (Å²) in [5.41, 5.74) is 0.935. The van der Waals surface area contributed by atoms with Gasteiger partial charge in [-0.3, -0.25) is 14.9 Å². The van der Waals surface area contributed by atoms with Gasteiger partial charge in [-0.05, 0) is 26.8 Å². The van der Waals surface area contributed by atoms with Crippen LogP contribution >= 0.6 is 12.4 Å². The summed E-state index contributed by atoms with van der Waals surface area (Å²) in [6.07, 6.45) is 0. The van der Waals surface area contributed by atoms with Gasteiger partial charge >= 0.3 is 0 Å². The van der Waals surface area contributed by atoms with E-state index in [9.17, 15) is 14.9 Å². The van der Waals surface area contributed by atoms with Gasteiger partial charge in [0.15, 0.2) is 0 Å². The molecule has 7 heteroatoms. The molecule has 0 aliphatic carbocycles. The molecule has 6 nitrogen and oxygen atoms in total. The Morgan fingerprint density at radius 2 is 1.90 bits per heavy atom. The number of nitrogens with zero attached hydrogens (tertiary/aromatic N) is 2. The Labute approximate surface area is 130 Å². The van der Waals surface area contributed by atoms with Crippen LogP contribution in [-0.4, -0.2) is 40.9 Å². The second-order valence-corrected chi connectivity index (χ2v) is 5.44. The molecule has 2 unspecified atom stereocenters. The fourth-order valence-corrected chi connectivity index (χ4v) is 2.61. The van der Waals surface area contributed by atoms with E-state index in [0.717, 1.165) is 0 Å². The van der Waals surface area contributed by atoms with Crippen LogP contribution in [0, 0.1) is 17.0 Å². The first-order valence-corrected chi connectivity index (χ1v) is 6.69. The highest BCUT2D eigenvalue weighted by molar-refractivity contribution is 5.95. The van der Waals surface area contributed by atoms with E-state index in [4.69, 9.17) is 0 Å². The Kier molecular flexibility index (Phi) is 5.69. The second kappa shape index (κ2) is 6.87. The number of carbonyl (C=O) groups excluding carboxylic acids is 1. The summed E-state index contributed by atoms with van der Waals surface area (Å²) in [6, 6.07) is 5.10. The lowest BCUT2D eigenvalue weighted by Gasteiger charge is -2.36. The summed E-state index contributed by atoms with van der Waals surface area (Å²) in [5, 5.41) is 14.3. The van der Waals surface area contributed by atoms with Crippen molar-refractivity contribution < 1.29 is 9.72 Å². The van der Waals surface area contributed by atoms with Crippen LogP contribution in [0.25, 0.3) is 0 Å². The number of piperazine rings is 1. The summed E-state index contributed by atoms with van der Waals surface area (Å²) in [7, 11) is 0. The molecular weight excluding hydrogens is 294 g/mol. The number of hydrogen-bond donors (Lipinski definition) is 1. The fraction of sp³-hybridized carbons (Fsp3) is 0.500. The molecule has 0 bridgehead atoms. The number of nitro groups is 1. The van der Waals surface area contributed by atoms with E-state index >= 15 is 0 Å². The predicted octanol–water partition coefficient (Wildman–Crippen LogP) is 2.15. The molecule has 0 radical (unpaired) electrons. The van der Waals surface area contributed by atoms with E-state index in [1.165, 1.54) is 6.07 Å². The quantitative estimate of drug-likeness (QED) is 0.670. The minimum absolute atomic E-state index is 0. The molecule has 1 fully saturated rings. The number of hydrogen-bond acceptors (Lipinski definition) is 4. The monoisotopic (exact) mass is 313 g/mol. The number of halogens is 1. The molecule has 0 spiro atoms. The average molecular weight is 314 g/mol. The summed E-state index contributed by atoms with van der Waals surface area (Å²) >= 11 is 0. The number of benzene rings is 1. The zero-order chi connectivity index (χ0) is 14.9. The van der Waals surface area contributed by atoms with E-state index < -0.39 is 4.92 Å². The second-order valence-electron chi connectivity index (χ2n) is 5.44. The number of aryl methyl sites for hydroxylation is 1. The summed E-state index contributed by atoms with van der Waals surface area (Å²) in [6.45, 7) is 6.94. The first-order valence-electron chi connectivity index (χ1n) is 6.69. The van der Waals surface area contributed by atoms with E-state index in [2.05, 4.69) is 5.32 Å². The number of rotatable bonds is 2. The molecule has 1 amide bonds. The molecule has 116 valence electrons. The van der Waals surface area contributed by atoms with Crippen molar-refractivity contribution in [2.75, 3.05) is 13.1 Å². The zero-order valence-corrected chi connectivity index (χ0v) is 13.1. The molecule has 1 heterocycles. The van der Waals surface area contributed by atoms with Crippen molar-refractivity contribution >= 4 is 24.0 Å². The van der Waals surface area contributed by atoms with Crippen molar-refractivity contribution in [2.45, 2.75) is 32.9 Å². The summed E-state index contributed by atoms with van der Waals surface area (Å²) < 4.78 is 0. The standard InChI is InChI=1S/C14H19N3O3.ClH/c1-9-4-5-12(6-13(9)17(19)20)14(18)16-7-10(2)15-11(3)8-16;/h4-6,10-11,15H,7-8H2,1-3H3;1H. The third-order valence-electron chi connectivity index (χ3n) is 3.50. The fourth-order valence-electron chi connectivity index (χ4n) is 2.61. The Balaban J connectivity index is 0.00000220. The molecule has 0 saturated carbocycles. The molecule has 2 rings (SSSR count). The van der Waals surface area contributed by atoms with Crippen molar-refractivity contribution in [1.29, 1.82) is 0 Å². The van der Waals surface area contributed by atoms with Crippen molar-refractivity contribution in [3.8, 4) is 0 Å². The number of carbonyl (C=O) groups is 1. The lowest BCUT2D eigenvalue weighted by Crippen LogP contribution is -2.55. The smallest absolute Gasteiger partial charge is 0.273 e. The van der Waals surface area contributed by atoms with E-state index in [-0.39, 0.29) is 36.1 Å². The maximum absolute atomic E-state index is 12.5. The Morgan fingerprint density at radius 3 is 2.43 bits per heavy atom. The first kappa shape index (κ1) is 17.4. The van der Waals surface area contributed by atoms with Crippen molar-refractivity contribution in [2.24, 2.45) is 0 Å². The van der Waals surface area contributed by atoms with Crippen LogP contribution in [0.3, 0.4) is 0 Å². The molecule has 2 atom stereocenters. The van der Waals surface area contributed by atoms with Gasteiger partial charge in [0.2, 0.25) is 0 Å². The van der Waals surface area contributed by atoms with Gasteiger partial charge in [0.05, 0.1) is 4.92 Å². The molecule has 1 saturated heterocycles. The van der Waals surface area contributed by atoms with Crippen LogP contribution in [0.5, 0.6) is 0 Å². The van der Waals surface area contributed by atoms with Crippen molar-refractivity contribution in [3.63, 3.8) is 0 Å². The molecule has 1 aliphatic heterocycles. The molecule has 21 heavy (non-hydrogen) atoms. The Morgan fingerprint density at radius 1 is 1.33 bits per heavy atom. The normalized spacial score (nSPS) is 21.6. The van der Waals surface area contributed by atoms with Crippen LogP contribution in [0.2, 0.25) is 0 Å². The zero-order valence-electron chi connectivity index (χ0n) is 12.3. The van der Waals surface area contributed by atoms with Gasteiger partial charge in [-0.15, -0.1) is 12.4 Å². The minimum atomic E-state index is -0.449. The van der Waals surface area contributed by atoms with E-state index in [1.54, 1.807) is 24.0 Å². The topological polar surface area (TPSA) is 75.5 Å². The first-order chi connectivity index (χ1) is 9.38. The van der Waals surface area contributed by atoms with Gasteiger partial charge < -0.3 is 10.2 Å². The molecule has 1 aromatic rings. The van der Waals surface area contributed by atoms with Crippen molar-refractivity contribution in [3.05, 3.63) is 39.4 Å². The van der Waals surface area contributed by atoms with Crippen LogP contribution in [0.4, 0.5) is 5.69 Å². The SMILES string of the molecule is Cc1ccc(C(=O)N2CC(C)NC(C)C2)cc1[N+](=O)[O-].Cl. The highest BCUT2D eigenvalue weighted by Crippen LogP contribution is 2.21. The maximum Gasteiger partial charge on any atom is 0.273 e. The van der Waals surface area contributed by atoms with Crippen LogP contribution in [0.1, 0.15) is 29.8 Å². The molecular formula is C14H20ClN3O3. The number of amides is 1. The third kappa shape index (κ3) is 3.92. The molecule has 1 N–H and O–H groups in total. The highest BCUT2D eigenvalue weighted by atomic mass is 35.5. The average Bonchev–Trinajstić information content (AvgIpc) is 2.37. The highest BCUT2D eigenvalue weighted by Gasteiger charge is 2.26. The number of nitro benzene ring substituents is 1. The number of nitrogens with one attached hydrogen (secondary N) is 1. The Bertz CT molecular complexity index is 540. The van der Waals surface area contributed by atoms with Gasteiger partial charge in [0.25, 0.3) is 11.6 Å². The lowest BCUT2D eigenvalue weighted by atomic mass is 10.1. The van der Waals surface area contributed by atoms with Crippen molar-refractivity contribution in [1.82, 2.24) is 10.2 Å². The Hall–Kier alpha value is -1.66. The van der Waals surface area contributed by atoms with Crippen LogP contribution in [-0.2, 0) is 0 Å².